The van der Waals surface area contributed by atoms with E-state index in [2.05, 4.69) is 26.3 Å². The summed E-state index contributed by atoms with van der Waals surface area (Å²) in [5.41, 5.74) is 2.31. The van der Waals surface area contributed by atoms with Gasteiger partial charge in [0.15, 0.2) is 0 Å². The van der Waals surface area contributed by atoms with Gasteiger partial charge in [0.1, 0.15) is 50.8 Å². The molecule has 4 unspecified atom stereocenters. The molecular weight excluding hydrogens is 652 g/mol. The molecule has 14 nitrogen and oxygen atoms in total. The van der Waals surface area contributed by atoms with Gasteiger partial charge in [-0.05, 0) is 38.8 Å². The largest absolute Gasteiger partial charge is 0.460 e. The molecule has 4 N–H and O–H groups in total. The number of esters is 4. The molecule has 0 fully saturated rings. The number of aliphatic hydroxyl groups excluding tert-OH is 4. The fourth-order valence-corrected chi connectivity index (χ4v) is 4.26. The van der Waals surface area contributed by atoms with Crippen molar-refractivity contribution in [1.82, 2.24) is 9.80 Å². The Morgan fingerprint density at radius 3 is 0.880 bits per heavy atom. The van der Waals surface area contributed by atoms with Crippen molar-refractivity contribution in [3.8, 4) is 0 Å². The Morgan fingerprint density at radius 1 is 0.500 bits per heavy atom. The molecule has 0 spiro atoms. The molecule has 0 saturated carbocycles. The molecule has 0 radical (unpaired) electrons. The van der Waals surface area contributed by atoms with Crippen LogP contribution in [-0.2, 0) is 51.2 Å². The predicted molar refractivity (Wildman–Crippen MR) is 184 cm³/mol. The standard InChI is InChI=1S/C36H52N2O12/c1-23(2)33(43)47-19-29(39)15-37(16-30(40)20-48-34(44)24(3)4)13-27-9-11-28(12-10-27)14-38(17-31(41)21-49-35(45)25(5)6)18-32(42)22-50-36(46)26(7)8/h9-12,29-32,39-42H,1,3,5,7,13-22H2,2,4,6,8H3. The number of ether oxygens (including phenoxy) is 4. The van der Waals surface area contributed by atoms with Gasteiger partial charge in [-0.15, -0.1) is 0 Å². The second-order valence-electron chi connectivity index (χ2n) is 12.3. The number of carbonyl (C=O) groups excluding carboxylic acids is 4. The van der Waals surface area contributed by atoms with Gasteiger partial charge >= 0.3 is 23.9 Å². The van der Waals surface area contributed by atoms with Crippen molar-refractivity contribution in [2.75, 3.05) is 52.6 Å². The number of benzene rings is 1. The van der Waals surface area contributed by atoms with Crippen molar-refractivity contribution in [2.24, 2.45) is 0 Å². The minimum atomic E-state index is -1.10. The van der Waals surface area contributed by atoms with Gasteiger partial charge in [-0.2, -0.15) is 0 Å². The van der Waals surface area contributed by atoms with Crippen LogP contribution in [0.3, 0.4) is 0 Å². The SMILES string of the molecule is C=C(C)C(=O)OCC(O)CN(Cc1ccc(CN(CC(O)COC(=O)C(=C)C)CC(O)COC(=O)C(=C)C)cc1)CC(O)COC(=O)C(=C)C. The molecule has 0 saturated heterocycles. The molecule has 0 aliphatic heterocycles. The Morgan fingerprint density at radius 2 is 0.700 bits per heavy atom. The fourth-order valence-electron chi connectivity index (χ4n) is 4.26. The highest BCUT2D eigenvalue weighted by Crippen LogP contribution is 2.13. The summed E-state index contributed by atoms with van der Waals surface area (Å²) in [6, 6.07) is 7.27. The van der Waals surface area contributed by atoms with Crippen LogP contribution in [0, 0.1) is 0 Å². The average Bonchev–Trinajstić information content (AvgIpc) is 3.04. The quantitative estimate of drug-likeness (QED) is 0.0682. The lowest BCUT2D eigenvalue weighted by Gasteiger charge is -2.28. The molecule has 1 aromatic rings. The van der Waals surface area contributed by atoms with Crippen molar-refractivity contribution in [3.63, 3.8) is 0 Å². The van der Waals surface area contributed by atoms with Crippen molar-refractivity contribution in [3.05, 3.63) is 84.0 Å². The Balaban J connectivity index is 3.05. The summed E-state index contributed by atoms with van der Waals surface area (Å²) in [4.78, 5) is 50.6. The van der Waals surface area contributed by atoms with E-state index in [9.17, 15) is 39.6 Å². The minimum absolute atomic E-state index is 0.00612. The zero-order valence-electron chi connectivity index (χ0n) is 29.5. The number of aliphatic hydroxyl groups is 4. The van der Waals surface area contributed by atoms with Crippen LogP contribution in [0.4, 0.5) is 0 Å². The molecule has 50 heavy (non-hydrogen) atoms. The highest BCUT2D eigenvalue weighted by atomic mass is 16.6. The van der Waals surface area contributed by atoms with Crippen LogP contribution in [-0.4, -0.2) is 131 Å². The second-order valence-corrected chi connectivity index (χ2v) is 12.3. The van der Waals surface area contributed by atoms with E-state index in [4.69, 9.17) is 18.9 Å². The first-order valence-corrected chi connectivity index (χ1v) is 15.9. The van der Waals surface area contributed by atoms with Crippen molar-refractivity contribution in [1.29, 1.82) is 0 Å². The van der Waals surface area contributed by atoms with Crippen LogP contribution in [0.2, 0.25) is 0 Å². The van der Waals surface area contributed by atoms with Gasteiger partial charge in [0.05, 0.1) is 0 Å². The molecule has 1 aromatic carbocycles. The van der Waals surface area contributed by atoms with E-state index in [1.165, 1.54) is 27.7 Å². The summed E-state index contributed by atoms with van der Waals surface area (Å²) in [6.07, 6.45) is -4.39. The minimum Gasteiger partial charge on any atom is -0.460 e. The third-order valence-electron chi connectivity index (χ3n) is 6.73. The van der Waals surface area contributed by atoms with Gasteiger partial charge in [-0.25, -0.2) is 19.2 Å². The lowest BCUT2D eigenvalue weighted by Crippen LogP contribution is -2.41. The number of hydrogen-bond donors (Lipinski definition) is 4. The maximum Gasteiger partial charge on any atom is 0.333 e. The van der Waals surface area contributed by atoms with Crippen LogP contribution in [0.15, 0.2) is 72.9 Å². The Bertz CT molecular complexity index is 1170. The van der Waals surface area contributed by atoms with Crippen LogP contribution in [0.5, 0.6) is 0 Å². The first kappa shape index (κ1) is 43.8. The highest BCUT2D eigenvalue weighted by Gasteiger charge is 2.21. The van der Waals surface area contributed by atoms with E-state index in [1.807, 2.05) is 24.3 Å². The molecule has 0 amide bonds. The zero-order chi connectivity index (χ0) is 38.0. The number of rotatable bonds is 24. The van der Waals surface area contributed by atoms with Crippen LogP contribution < -0.4 is 0 Å². The first-order chi connectivity index (χ1) is 23.4. The van der Waals surface area contributed by atoms with E-state index in [-0.39, 0.29) is 88.0 Å². The summed E-state index contributed by atoms with van der Waals surface area (Å²) in [6.45, 7) is 19.3. The monoisotopic (exact) mass is 704 g/mol. The smallest absolute Gasteiger partial charge is 0.333 e. The van der Waals surface area contributed by atoms with Gasteiger partial charge in [0, 0.05) is 61.6 Å². The van der Waals surface area contributed by atoms with E-state index < -0.39 is 48.3 Å². The second kappa shape index (κ2) is 22.5. The maximum atomic E-state index is 11.8. The van der Waals surface area contributed by atoms with Crippen LogP contribution >= 0.6 is 0 Å². The normalized spacial score (nSPS) is 13.5. The number of nitrogens with zero attached hydrogens (tertiary/aromatic N) is 2. The lowest BCUT2D eigenvalue weighted by atomic mass is 10.1. The van der Waals surface area contributed by atoms with Crippen molar-refractivity contribution < 1.29 is 58.6 Å². The third kappa shape index (κ3) is 18.5. The highest BCUT2D eigenvalue weighted by molar-refractivity contribution is 5.88. The Labute approximate surface area is 293 Å². The summed E-state index contributed by atoms with van der Waals surface area (Å²) in [5.74, 6) is -2.58. The van der Waals surface area contributed by atoms with E-state index in [0.29, 0.717) is 0 Å². The van der Waals surface area contributed by atoms with E-state index in [1.54, 1.807) is 9.80 Å². The summed E-state index contributed by atoms with van der Waals surface area (Å²) in [7, 11) is 0. The topological polar surface area (TPSA) is 193 Å². The van der Waals surface area contributed by atoms with Crippen molar-refractivity contribution >= 4 is 23.9 Å². The molecule has 278 valence electrons. The Hall–Kier alpha value is -4.18. The molecule has 14 heteroatoms. The van der Waals surface area contributed by atoms with Gasteiger partial charge in [0.25, 0.3) is 0 Å². The summed E-state index contributed by atoms with van der Waals surface area (Å²) in [5, 5.41) is 42.3. The molecule has 0 bridgehead atoms. The van der Waals surface area contributed by atoms with Gasteiger partial charge in [-0.1, -0.05) is 50.6 Å². The van der Waals surface area contributed by atoms with E-state index in [0.717, 1.165) is 11.1 Å². The summed E-state index contributed by atoms with van der Waals surface area (Å²) >= 11 is 0. The number of carbonyl (C=O) groups is 4. The first-order valence-electron chi connectivity index (χ1n) is 15.9. The van der Waals surface area contributed by atoms with Gasteiger partial charge < -0.3 is 39.4 Å². The van der Waals surface area contributed by atoms with Gasteiger partial charge in [-0.3, -0.25) is 9.80 Å². The fraction of sp³-hybridized carbons (Fsp3) is 0.500. The van der Waals surface area contributed by atoms with Crippen molar-refractivity contribution in [2.45, 2.75) is 65.2 Å². The van der Waals surface area contributed by atoms with Crippen LogP contribution in [0.25, 0.3) is 0 Å². The molecule has 0 aliphatic carbocycles. The predicted octanol–water partition coefficient (Wildman–Crippen LogP) is 1.21. The third-order valence-corrected chi connectivity index (χ3v) is 6.73. The number of hydrogen-bond acceptors (Lipinski definition) is 14. The Kier molecular flexibility index (Phi) is 19.7. The maximum absolute atomic E-state index is 11.8. The molecule has 4 atom stereocenters. The van der Waals surface area contributed by atoms with Gasteiger partial charge in [0.2, 0.25) is 0 Å². The lowest BCUT2D eigenvalue weighted by molar-refractivity contribution is -0.144. The summed E-state index contributed by atoms with van der Waals surface area (Å²) < 4.78 is 20.2. The molecule has 1 rings (SSSR count). The molecule has 0 aromatic heterocycles. The molecule has 0 aliphatic rings. The molecular formula is C36H52N2O12. The van der Waals surface area contributed by atoms with E-state index >= 15 is 0 Å². The zero-order valence-corrected chi connectivity index (χ0v) is 29.5. The van der Waals surface area contributed by atoms with Crippen LogP contribution in [0.1, 0.15) is 38.8 Å². The average molecular weight is 705 g/mol. The molecule has 0 heterocycles.